The fourth-order valence-corrected chi connectivity index (χ4v) is 1.88. The molecule has 2 aromatic rings. The molecule has 1 atom stereocenters. The van der Waals surface area contributed by atoms with Crippen LogP contribution in [0.2, 0.25) is 5.02 Å². The van der Waals surface area contributed by atoms with Crippen molar-refractivity contribution in [1.82, 2.24) is 4.98 Å². The van der Waals surface area contributed by atoms with Crippen molar-refractivity contribution in [2.24, 2.45) is 5.73 Å². The Morgan fingerprint density at radius 1 is 1.35 bits per heavy atom. The van der Waals surface area contributed by atoms with Crippen LogP contribution >= 0.6 is 11.6 Å². The lowest BCUT2D eigenvalue weighted by Gasteiger charge is -2.14. The number of rotatable bonds is 2. The maximum absolute atomic E-state index is 13.7. The molecule has 0 aliphatic rings. The minimum Gasteiger partial charge on any atom is -0.319 e. The number of hydrogen-bond donors (Lipinski definition) is 1. The summed E-state index contributed by atoms with van der Waals surface area (Å²) < 4.78 is 13.7. The van der Waals surface area contributed by atoms with Crippen LogP contribution in [-0.4, -0.2) is 4.98 Å². The van der Waals surface area contributed by atoms with Crippen molar-refractivity contribution < 1.29 is 4.39 Å². The van der Waals surface area contributed by atoms with Gasteiger partial charge in [-0.05, 0) is 30.7 Å². The Morgan fingerprint density at radius 3 is 2.76 bits per heavy atom. The van der Waals surface area contributed by atoms with Gasteiger partial charge in [-0.2, -0.15) is 0 Å². The predicted octanol–water partition coefficient (Wildman–Crippen LogP) is 3.23. The van der Waals surface area contributed by atoms with E-state index in [1.54, 1.807) is 18.3 Å². The van der Waals surface area contributed by atoms with Gasteiger partial charge in [0.2, 0.25) is 0 Å². The Morgan fingerprint density at radius 2 is 2.12 bits per heavy atom. The van der Waals surface area contributed by atoms with Crippen LogP contribution in [0, 0.1) is 12.7 Å². The van der Waals surface area contributed by atoms with Gasteiger partial charge in [-0.1, -0.05) is 23.7 Å². The van der Waals surface area contributed by atoms with Crippen LogP contribution in [0.25, 0.3) is 0 Å². The van der Waals surface area contributed by atoms with E-state index in [-0.39, 0.29) is 0 Å². The highest BCUT2D eigenvalue weighted by molar-refractivity contribution is 6.30. The Bertz CT molecular complexity index is 543. The van der Waals surface area contributed by atoms with Gasteiger partial charge >= 0.3 is 0 Å². The van der Waals surface area contributed by atoms with Gasteiger partial charge in [-0.15, -0.1) is 0 Å². The normalized spacial score (nSPS) is 12.5. The molecule has 0 radical (unpaired) electrons. The molecule has 0 amide bonds. The summed E-state index contributed by atoms with van der Waals surface area (Å²) in [5, 5.41) is 0.358. The summed E-state index contributed by atoms with van der Waals surface area (Å²) in [5.41, 5.74) is 8.04. The number of aromatic nitrogens is 1. The average molecular weight is 251 g/mol. The number of aryl methyl sites for hydroxylation is 1. The second-order valence-electron chi connectivity index (χ2n) is 3.85. The lowest BCUT2D eigenvalue weighted by molar-refractivity contribution is 0.596. The van der Waals surface area contributed by atoms with E-state index in [1.165, 1.54) is 6.07 Å². The van der Waals surface area contributed by atoms with E-state index in [1.807, 2.05) is 19.1 Å². The minimum absolute atomic E-state index is 0.358. The monoisotopic (exact) mass is 250 g/mol. The highest BCUT2D eigenvalue weighted by Gasteiger charge is 2.16. The van der Waals surface area contributed by atoms with Crippen molar-refractivity contribution >= 4 is 11.6 Å². The molecule has 1 aromatic carbocycles. The first kappa shape index (κ1) is 12.0. The number of pyridine rings is 1. The van der Waals surface area contributed by atoms with E-state index in [2.05, 4.69) is 4.98 Å². The lowest BCUT2D eigenvalue weighted by atomic mass is 10.0. The molecule has 4 heteroatoms. The van der Waals surface area contributed by atoms with E-state index in [0.29, 0.717) is 16.3 Å². The molecule has 0 fully saturated rings. The molecule has 2 rings (SSSR count). The number of benzene rings is 1. The van der Waals surface area contributed by atoms with Crippen molar-refractivity contribution in [3.05, 3.63) is 64.2 Å². The summed E-state index contributed by atoms with van der Waals surface area (Å²) in [6.07, 6.45) is 1.65. The van der Waals surface area contributed by atoms with Crippen molar-refractivity contribution in [2.45, 2.75) is 13.0 Å². The molecule has 1 aromatic heterocycles. The zero-order valence-electron chi connectivity index (χ0n) is 9.32. The third kappa shape index (κ3) is 2.46. The average Bonchev–Trinajstić information content (AvgIpc) is 2.29. The van der Waals surface area contributed by atoms with E-state index >= 15 is 0 Å². The zero-order chi connectivity index (χ0) is 12.4. The van der Waals surface area contributed by atoms with Crippen LogP contribution in [0.1, 0.15) is 22.9 Å². The van der Waals surface area contributed by atoms with Gasteiger partial charge in [-0.3, -0.25) is 4.98 Å². The van der Waals surface area contributed by atoms with E-state index in [4.69, 9.17) is 17.3 Å². The smallest absolute Gasteiger partial charge is 0.129 e. The number of nitrogens with two attached hydrogens (primary N) is 1. The molecule has 1 unspecified atom stereocenters. The van der Waals surface area contributed by atoms with Crippen molar-refractivity contribution in [1.29, 1.82) is 0 Å². The molecule has 0 saturated heterocycles. The lowest BCUT2D eigenvalue weighted by Crippen LogP contribution is -2.16. The summed E-state index contributed by atoms with van der Waals surface area (Å²) in [6.45, 7) is 1.90. The summed E-state index contributed by atoms with van der Waals surface area (Å²) in [4.78, 5) is 4.19. The molecular weight excluding hydrogens is 239 g/mol. The van der Waals surface area contributed by atoms with Crippen LogP contribution in [0.15, 0.2) is 36.5 Å². The summed E-state index contributed by atoms with van der Waals surface area (Å²) in [5.74, 6) is -0.407. The molecule has 2 nitrogen and oxygen atoms in total. The quantitative estimate of drug-likeness (QED) is 0.889. The Labute approximate surface area is 104 Å². The first-order chi connectivity index (χ1) is 8.09. The molecule has 0 saturated carbocycles. The molecule has 88 valence electrons. The molecule has 2 N–H and O–H groups in total. The topological polar surface area (TPSA) is 38.9 Å². The van der Waals surface area contributed by atoms with Gasteiger partial charge in [-0.25, -0.2) is 4.39 Å². The van der Waals surface area contributed by atoms with Crippen LogP contribution in [-0.2, 0) is 0 Å². The van der Waals surface area contributed by atoms with Gasteiger partial charge in [0.1, 0.15) is 5.82 Å². The predicted molar refractivity (Wildman–Crippen MR) is 66.4 cm³/mol. The fourth-order valence-electron chi connectivity index (χ4n) is 1.72. The first-order valence-corrected chi connectivity index (χ1v) is 5.59. The molecule has 0 aliphatic carbocycles. The standard InChI is InChI=1S/C13H12ClFN2/c1-8-3-2-6-17-13(8)12(16)10-5-4-9(14)7-11(10)15/h2-7,12H,16H2,1H3. The Hall–Kier alpha value is -1.45. The van der Waals surface area contributed by atoms with Crippen LogP contribution in [0.3, 0.4) is 0 Å². The van der Waals surface area contributed by atoms with Gasteiger partial charge in [0.25, 0.3) is 0 Å². The molecule has 0 aliphatic heterocycles. The Kier molecular flexibility index (Phi) is 3.41. The number of hydrogen-bond acceptors (Lipinski definition) is 2. The van der Waals surface area contributed by atoms with Crippen LogP contribution in [0.5, 0.6) is 0 Å². The fraction of sp³-hybridized carbons (Fsp3) is 0.154. The van der Waals surface area contributed by atoms with Crippen LogP contribution in [0.4, 0.5) is 4.39 Å². The third-order valence-electron chi connectivity index (χ3n) is 2.64. The molecule has 1 heterocycles. The Balaban J connectivity index is 2.44. The van der Waals surface area contributed by atoms with Crippen molar-refractivity contribution in [2.75, 3.05) is 0 Å². The minimum atomic E-state index is -0.575. The number of halogens is 2. The highest BCUT2D eigenvalue weighted by atomic mass is 35.5. The largest absolute Gasteiger partial charge is 0.319 e. The summed E-state index contributed by atoms with van der Waals surface area (Å²) >= 11 is 5.70. The number of nitrogens with zero attached hydrogens (tertiary/aromatic N) is 1. The third-order valence-corrected chi connectivity index (χ3v) is 2.88. The first-order valence-electron chi connectivity index (χ1n) is 5.21. The van der Waals surface area contributed by atoms with E-state index in [0.717, 1.165) is 5.56 Å². The van der Waals surface area contributed by atoms with Crippen molar-refractivity contribution in [3.8, 4) is 0 Å². The maximum Gasteiger partial charge on any atom is 0.129 e. The van der Waals surface area contributed by atoms with Gasteiger partial charge in [0, 0.05) is 16.8 Å². The SMILES string of the molecule is Cc1cccnc1C(N)c1ccc(Cl)cc1F. The van der Waals surface area contributed by atoms with Gasteiger partial charge in [0.15, 0.2) is 0 Å². The summed E-state index contributed by atoms with van der Waals surface area (Å²) in [6, 6.07) is 7.62. The second-order valence-corrected chi connectivity index (χ2v) is 4.29. The highest BCUT2D eigenvalue weighted by Crippen LogP contribution is 2.24. The summed E-state index contributed by atoms with van der Waals surface area (Å²) in [7, 11) is 0. The molecular formula is C13H12ClFN2. The van der Waals surface area contributed by atoms with E-state index < -0.39 is 11.9 Å². The van der Waals surface area contributed by atoms with Gasteiger partial charge < -0.3 is 5.73 Å². The van der Waals surface area contributed by atoms with Crippen molar-refractivity contribution in [3.63, 3.8) is 0 Å². The molecule has 0 bridgehead atoms. The zero-order valence-corrected chi connectivity index (χ0v) is 10.1. The molecule has 17 heavy (non-hydrogen) atoms. The molecule has 0 spiro atoms. The van der Waals surface area contributed by atoms with E-state index in [9.17, 15) is 4.39 Å². The van der Waals surface area contributed by atoms with Gasteiger partial charge in [0.05, 0.1) is 11.7 Å². The van der Waals surface area contributed by atoms with Crippen LogP contribution < -0.4 is 5.73 Å². The second kappa shape index (κ2) is 4.82. The maximum atomic E-state index is 13.7.